The van der Waals surface area contributed by atoms with Gasteiger partial charge in [0.05, 0.1) is 17.6 Å². The fourth-order valence-corrected chi connectivity index (χ4v) is 5.41. The normalized spacial score (nSPS) is 19.5. The van der Waals surface area contributed by atoms with Crippen molar-refractivity contribution < 1.29 is 4.90 Å². The third-order valence-electron chi connectivity index (χ3n) is 5.80. The number of rotatable bonds is 4. The maximum Gasteiger partial charge on any atom is 0.260 e. The van der Waals surface area contributed by atoms with Crippen molar-refractivity contribution in [3.8, 4) is 11.1 Å². The predicted molar refractivity (Wildman–Crippen MR) is 113 cm³/mol. The standard InChI is InChI=1S/C22H22N4OS/c1-25-11-5-9-17(25)18-10-6-12-26(18)13-19-23-21(27)20-16(14-28-22(20)24-19)15-7-3-2-4-8-15/h2-5,7-9,11,14,18H,6,10,12-13H2,1H3,(H,23,24,27)/p+1/t18-/m0/s1. The Bertz CT molecular complexity index is 1170. The van der Waals surface area contributed by atoms with Crippen LogP contribution in [0.3, 0.4) is 0 Å². The van der Waals surface area contributed by atoms with Gasteiger partial charge in [-0.3, -0.25) is 4.79 Å². The smallest absolute Gasteiger partial charge is 0.260 e. The second kappa shape index (κ2) is 7.04. The summed E-state index contributed by atoms with van der Waals surface area (Å²) in [6.45, 7) is 1.86. The summed E-state index contributed by atoms with van der Waals surface area (Å²) in [6.07, 6.45) is 4.49. The first-order valence-corrected chi connectivity index (χ1v) is 10.6. The molecule has 1 saturated heterocycles. The van der Waals surface area contributed by atoms with Gasteiger partial charge in [0, 0.05) is 37.0 Å². The van der Waals surface area contributed by atoms with Gasteiger partial charge in [-0.15, -0.1) is 11.3 Å². The first kappa shape index (κ1) is 17.4. The van der Waals surface area contributed by atoms with Gasteiger partial charge in [-0.05, 0) is 17.7 Å². The predicted octanol–water partition coefficient (Wildman–Crippen LogP) is 2.91. The molecule has 2 N–H and O–H groups in total. The Morgan fingerprint density at radius 1 is 1.25 bits per heavy atom. The highest BCUT2D eigenvalue weighted by atomic mass is 32.1. The second-order valence-electron chi connectivity index (χ2n) is 7.53. The van der Waals surface area contributed by atoms with Crippen LogP contribution < -0.4 is 10.5 Å². The van der Waals surface area contributed by atoms with Crippen LogP contribution in [0.1, 0.15) is 30.4 Å². The maximum absolute atomic E-state index is 12.9. The molecule has 4 heterocycles. The molecular weight excluding hydrogens is 368 g/mol. The summed E-state index contributed by atoms with van der Waals surface area (Å²) < 4.78 is 2.21. The van der Waals surface area contributed by atoms with Crippen molar-refractivity contribution in [2.45, 2.75) is 25.4 Å². The number of hydrogen-bond acceptors (Lipinski definition) is 3. The van der Waals surface area contributed by atoms with Gasteiger partial charge in [-0.2, -0.15) is 0 Å². The largest absolute Gasteiger partial charge is 0.350 e. The van der Waals surface area contributed by atoms with Crippen LogP contribution in [-0.4, -0.2) is 21.1 Å². The molecule has 1 fully saturated rings. The third kappa shape index (κ3) is 2.99. The van der Waals surface area contributed by atoms with Gasteiger partial charge < -0.3 is 14.5 Å². The molecule has 0 aliphatic carbocycles. The van der Waals surface area contributed by atoms with E-state index >= 15 is 0 Å². The fourth-order valence-electron chi connectivity index (χ4n) is 4.44. The zero-order valence-corrected chi connectivity index (χ0v) is 16.6. The van der Waals surface area contributed by atoms with E-state index in [1.807, 2.05) is 35.7 Å². The number of benzene rings is 1. The lowest BCUT2D eigenvalue weighted by Gasteiger charge is -2.21. The van der Waals surface area contributed by atoms with Gasteiger partial charge in [0.1, 0.15) is 17.4 Å². The van der Waals surface area contributed by atoms with E-state index in [0.717, 1.165) is 34.9 Å². The van der Waals surface area contributed by atoms with E-state index in [0.29, 0.717) is 11.4 Å². The van der Waals surface area contributed by atoms with Gasteiger partial charge in [0.25, 0.3) is 5.56 Å². The Kier molecular flexibility index (Phi) is 4.37. The lowest BCUT2D eigenvalue weighted by Crippen LogP contribution is -3.09. The fraction of sp³-hybridized carbons (Fsp3) is 0.273. The SMILES string of the molecule is Cn1cccc1[C@@H]1CCC[NH+]1Cc1nc2scc(-c3ccccc3)c2c(=O)[nH]1. The van der Waals surface area contributed by atoms with Gasteiger partial charge >= 0.3 is 0 Å². The lowest BCUT2D eigenvalue weighted by atomic mass is 10.1. The van der Waals surface area contributed by atoms with Crippen LogP contribution in [0.4, 0.5) is 0 Å². The summed E-state index contributed by atoms with van der Waals surface area (Å²) in [7, 11) is 2.11. The molecule has 5 nitrogen and oxygen atoms in total. The summed E-state index contributed by atoms with van der Waals surface area (Å²) in [5.74, 6) is 0.787. The third-order valence-corrected chi connectivity index (χ3v) is 6.67. The van der Waals surface area contributed by atoms with Crippen molar-refractivity contribution in [2.24, 2.45) is 7.05 Å². The lowest BCUT2D eigenvalue weighted by molar-refractivity contribution is -0.933. The molecule has 0 saturated carbocycles. The molecule has 0 spiro atoms. The topological polar surface area (TPSA) is 55.1 Å². The number of aryl methyl sites for hydroxylation is 1. The molecule has 0 bridgehead atoms. The van der Waals surface area contributed by atoms with E-state index in [9.17, 15) is 4.79 Å². The Hall–Kier alpha value is -2.70. The molecule has 3 aromatic heterocycles. The molecule has 1 aliphatic heterocycles. The maximum atomic E-state index is 12.9. The average molecular weight is 392 g/mol. The Balaban J connectivity index is 1.48. The quantitative estimate of drug-likeness (QED) is 0.562. The molecule has 5 rings (SSSR count). The number of thiophene rings is 1. The molecule has 1 unspecified atom stereocenters. The van der Waals surface area contributed by atoms with E-state index in [1.165, 1.54) is 23.4 Å². The molecule has 1 aromatic carbocycles. The minimum atomic E-state index is -0.0332. The zero-order chi connectivity index (χ0) is 19.1. The molecule has 0 amide bonds. The number of H-pyrrole nitrogens is 1. The summed E-state index contributed by atoms with van der Waals surface area (Å²) >= 11 is 1.55. The zero-order valence-electron chi connectivity index (χ0n) is 15.8. The first-order chi connectivity index (χ1) is 13.7. The van der Waals surface area contributed by atoms with Gasteiger partial charge in [0.2, 0.25) is 0 Å². The van der Waals surface area contributed by atoms with E-state index in [2.05, 4.69) is 34.9 Å². The van der Waals surface area contributed by atoms with Crippen molar-refractivity contribution in [3.63, 3.8) is 0 Å². The minimum absolute atomic E-state index is 0.0332. The van der Waals surface area contributed by atoms with Crippen LogP contribution in [0.15, 0.2) is 58.8 Å². The van der Waals surface area contributed by atoms with Crippen molar-refractivity contribution in [1.29, 1.82) is 0 Å². The van der Waals surface area contributed by atoms with Crippen LogP contribution >= 0.6 is 11.3 Å². The van der Waals surface area contributed by atoms with Crippen LogP contribution in [0.2, 0.25) is 0 Å². The van der Waals surface area contributed by atoms with E-state index in [-0.39, 0.29) is 5.56 Å². The highest BCUT2D eigenvalue weighted by Crippen LogP contribution is 2.30. The number of nitrogens with one attached hydrogen (secondary N) is 2. The Labute approximate surface area is 167 Å². The van der Waals surface area contributed by atoms with Crippen LogP contribution in [0.5, 0.6) is 0 Å². The van der Waals surface area contributed by atoms with E-state index in [4.69, 9.17) is 4.98 Å². The highest BCUT2D eigenvalue weighted by molar-refractivity contribution is 7.17. The second-order valence-corrected chi connectivity index (χ2v) is 8.39. The van der Waals surface area contributed by atoms with Gasteiger partial charge in [0.15, 0.2) is 5.82 Å². The first-order valence-electron chi connectivity index (χ1n) is 9.72. The van der Waals surface area contributed by atoms with Crippen molar-refractivity contribution in [3.05, 3.63) is 75.9 Å². The number of aromatic amines is 1. The van der Waals surface area contributed by atoms with Crippen LogP contribution in [0, 0.1) is 0 Å². The number of nitrogens with zero attached hydrogens (tertiary/aromatic N) is 2. The number of quaternary nitrogens is 1. The Morgan fingerprint density at radius 2 is 2.11 bits per heavy atom. The van der Waals surface area contributed by atoms with Crippen LogP contribution in [-0.2, 0) is 13.6 Å². The molecule has 1 aliphatic rings. The van der Waals surface area contributed by atoms with Crippen molar-refractivity contribution >= 4 is 21.6 Å². The van der Waals surface area contributed by atoms with Crippen molar-refractivity contribution in [2.75, 3.05) is 6.54 Å². The Morgan fingerprint density at radius 3 is 2.89 bits per heavy atom. The molecule has 2 atom stereocenters. The number of hydrogen-bond donors (Lipinski definition) is 2. The number of aromatic nitrogens is 3. The van der Waals surface area contributed by atoms with E-state index in [1.54, 1.807) is 11.3 Å². The van der Waals surface area contributed by atoms with E-state index < -0.39 is 0 Å². The molecule has 142 valence electrons. The van der Waals surface area contributed by atoms with Gasteiger partial charge in [-0.25, -0.2) is 4.98 Å². The molecular formula is C22H23N4OS+. The van der Waals surface area contributed by atoms with Crippen molar-refractivity contribution in [1.82, 2.24) is 14.5 Å². The molecule has 4 aromatic rings. The minimum Gasteiger partial charge on any atom is -0.350 e. The van der Waals surface area contributed by atoms with Crippen LogP contribution in [0.25, 0.3) is 21.3 Å². The summed E-state index contributed by atoms with van der Waals surface area (Å²) in [5.41, 5.74) is 3.35. The summed E-state index contributed by atoms with van der Waals surface area (Å²) in [4.78, 5) is 23.1. The summed E-state index contributed by atoms with van der Waals surface area (Å²) in [5, 5.41) is 2.75. The number of likely N-dealkylation sites (tertiary alicyclic amines) is 1. The molecule has 28 heavy (non-hydrogen) atoms. The molecule has 6 heteroatoms. The van der Waals surface area contributed by atoms with Gasteiger partial charge in [-0.1, -0.05) is 30.3 Å². The number of fused-ring (bicyclic) bond motifs is 1. The summed E-state index contributed by atoms with van der Waals surface area (Å²) in [6, 6.07) is 14.8. The highest BCUT2D eigenvalue weighted by Gasteiger charge is 2.32. The monoisotopic (exact) mass is 391 g/mol. The molecule has 0 radical (unpaired) electrons. The average Bonchev–Trinajstić information content (AvgIpc) is 3.42.